The molecule has 2 aromatic carbocycles. The van der Waals surface area contributed by atoms with Gasteiger partial charge >= 0.3 is 0 Å². The van der Waals surface area contributed by atoms with Crippen LogP contribution in [-0.4, -0.2) is 35.6 Å². The first-order chi connectivity index (χ1) is 13.5. The van der Waals surface area contributed by atoms with Gasteiger partial charge in [-0.2, -0.15) is 0 Å². The molecule has 0 N–H and O–H groups in total. The molecule has 1 amide bonds. The van der Waals surface area contributed by atoms with Crippen LogP contribution in [0.4, 0.5) is 0 Å². The first-order valence-corrected chi connectivity index (χ1v) is 9.80. The van der Waals surface area contributed by atoms with Gasteiger partial charge < -0.3 is 14.2 Å². The highest BCUT2D eigenvalue weighted by Crippen LogP contribution is 2.34. The Morgan fingerprint density at radius 3 is 2.32 bits per heavy atom. The number of carbonyl (C=O) groups is 1. The molecule has 146 valence electrons. The number of nitrogens with zero attached hydrogens (tertiary/aromatic N) is 2. The standard InChI is InChI=1S/C23H25ClN2O2/c1-5-25(6-2)23(27)19-15-21(17-11-13-18(24)14-12-17)26(16(19)3)20-9-7-8-10-22(20)28-4/h7-15H,5-6H2,1-4H3. The first-order valence-electron chi connectivity index (χ1n) is 9.42. The van der Waals surface area contributed by atoms with Crippen molar-refractivity contribution in [1.29, 1.82) is 0 Å². The average molecular weight is 397 g/mol. The molecule has 3 aromatic rings. The third-order valence-electron chi connectivity index (χ3n) is 4.99. The maximum absolute atomic E-state index is 13.1. The number of aromatic nitrogens is 1. The van der Waals surface area contributed by atoms with Gasteiger partial charge in [-0.25, -0.2) is 0 Å². The van der Waals surface area contributed by atoms with E-state index in [4.69, 9.17) is 16.3 Å². The van der Waals surface area contributed by atoms with Crippen molar-refractivity contribution in [2.45, 2.75) is 20.8 Å². The molecule has 0 aliphatic rings. The quantitative estimate of drug-likeness (QED) is 0.543. The summed E-state index contributed by atoms with van der Waals surface area (Å²) in [7, 11) is 1.65. The molecule has 0 saturated carbocycles. The summed E-state index contributed by atoms with van der Waals surface area (Å²) in [6.45, 7) is 7.31. The Bertz CT molecular complexity index is 973. The SMILES string of the molecule is CCN(CC)C(=O)c1cc(-c2ccc(Cl)cc2)n(-c2ccccc2OC)c1C. The maximum atomic E-state index is 13.1. The van der Waals surface area contributed by atoms with Crippen molar-refractivity contribution in [1.82, 2.24) is 9.47 Å². The summed E-state index contributed by atoms with van der Waals surface area (Å²) in [4.78, 5) is 15.0. The van der Waals surface area contributed by atoms with Gasteiger partial charge in [0.1, 0.15) is 5.75 Å². The molecule has 0 unspecified atom stereocenters. The molecule has 0 aliphatic heterocycles. The van der Waals surface area contributed by atoms with Crippen LogP contribution in [0.25, 0.3) is 16.9 Å². The van der Waals surface area contributed by atoms with Crippen molar-refractivity contribution in [2.75, 3.05) is 20.2 Å². The zero-order chi connectivity index (χ0) is 20.3. The Labute approximate surface area is 171 Å². The smallest absolute Gasteiger partial charge is 0.255 e. The lowest BCUT2D eigenvalue weighted by molar-refractivity contribution is 0.0772. The highest BCUT2D eigenvalue weighted by Gasteiger charge is 2.23. The van der Waals surface area contributed by atoms with Crippen LogP contribution < -0.4 is 4.74 Å². The highest BCUT2D eigenvalue weighted by molar-refractivity contribution is 6.30. The number of rotatable bonds is 6. The predicted molar refractivity (Wildman–Crippen MR) is 115 cm³/mol. The minimum Gasteiger partial charge on any atom is -0.495 e. The van der Waals surface area contributed by atoms with E-state index in [-0.39, 0.29) is 5.91 Å². The lowest BCUT2D eigenvalue weighted by Gasteiger charge is -2.19. The lowest BCUT2D eigenvalue weighted by Crippen LogP contribution is -2.30. The first kappa shape index (κ1) is 20.0. The van der Waals surface area contributed by atoms with Gasteiger partial charge in [0.05, 0.1) is 24.1 Å². The molecular formula is C23H25ClN2O2. The number of methoxy groups -OCH3 is 1. The second-order valence-electron chi connectivity index (χ2n) is 6.52. The van der Waals surface area contributed by atoms with Crippen molar-refractivity contribution in [2.24, 2.45) is 0 Å². The number of benzene rings is 2. The third kappa shape index (κ3) is 3.65. The van der Waals surface area contributed by atoms with Crippen molar-refractivity contribution in [3.63, 3.8) is 0 Å². The van der Waals surface area contributed by atoms with E-state index in [1.807, 2.05) is 80.3 Å². The normalized spacial score (nSPS) is 10.8. The monoisotopic (exact) mass is 396 g/mol. The predicted octanol–water partition coefficient (Wildman–Crippen LogP) is 5.60. The second kappa shape index (κ2) is 8.53. The molecule has 1 heterocycles. The molecule has 0 bridgehead atoms. The van der Waals surface area contributed by atoms with E-state index in [0.29, 0.717) is 23.7 Å². The van der Waals surface area contributed by atoms with Crippen LogP contribution in [0, 0.1) is 6.92 Å². The summed E-state index contributed by atoms with van der Waals surface area (Å²) in [6.07, 6.45) is 0. The van der Waals surface area contributed by atoms with E-state index in [2.05, 4.69) is 4.57 Å². The minimum atomic E-state index is 0.0337. The number of hydrogen-bond acceptors (Lipinski definition) is 2. The van der Waals surface area contributed by atoms with Crippen LogP contribution in [0.2, 0.25) is 5.02 Å². The molecular weight excluding hydrogens is 372 g/mol. The van der Waals surface area contributed by atoms with Crippen molar-refractivity contribution in [3.05, 3.63) is 70.9 Å². The van der Waals surface area contributed by atoms with Crippen LogP contribution in [0.5, 0.6) is 5.75 Å². The topological polar surface area (TPSA) is 34.5 Å². The highest BCUT2D eigenvalue weighted by atomic mass is 35.5. The van der Waals surface area contributed by atoms with Crippen molar-refractivity contribution in [3.8, 4) is 22.7 Å². The fourth-order valence-electron chi connectivity index (χ4n) is 3.46. The van der Waals surface area contributed by atoms with Gasteiger partial charge in [0, 0.05) is 23.8 Å². The van der Waals surface area contributed by atoms with Gasteiger partial charge in [-0.05, 0) is 56.7 Å². The molecule has 0 atom stereocenters. The molecule has 0 radical (unpaired) electrons. The summed E-state index contributed by atoms with van der Waals surface area (Å²) in [6, 6.07) is 17.4. The van der Waals surface area contributed by atoms with Crippen LogP contribution in [0.15, 0.2) is 54.6 Å². The second-order valence-corrected chi connectivity index (χ2v) is 6.96. The number of hydrogen-bond donors (Lipinski definition) is 0. The molecule has 0 aliphatic carbocycles. The molecule has 0 fully saturated rings. The Hall–Kier alpha value is -2.72. The van der Waals surface area contributed by atoms with Crippen LogP contribution >= 0.6 is 11.6 Å². The summed E-state index contributed by atoms with van der Waals surface area (Å²) in [5.74, 6) is 0.782. The number of ether oxygens (including phenoxy) is 1. The van der Waals surface area contributed by atoms with E-state index >= 15 is 0 Å². The Morgan fingerprint density at radius 1 is 1.07 bits per heavy atom. The molecule has 0 spiro atoms. The fourth-order valence-corrected chi connectivity index (χ4v) is 3.59. The van der Waals surface area contributed by atoms with Crippen molar-refractivity contribution >= 4 is 17.5 Å². The van der Waals surface area contributed by atoms with Gasteiger partial charge in [-0.15, -0.1) is 0 Å². The Balaban J connectivity index is 2.26. The zero-order valence-corrected chi connectivity index (χ0v) is 17.5. The lowest BCUT2D eigenvalue weighted by atomic mass is 10.1. The number of para-hydroxylation sites is 2. The third-order valence-corrected chi connectivity index (χ3v) is 5.25. The van der Waals surface area contributed by atoms with E-state index in [9.17, 15) is 4.79 Å². The summed E-state index contributed by atoms with van der Waals surface area (Å²) in [5, 5.41) is 0.676. The Kier molecular flexibility index (Phi) is 6.10. The summed E-state index contributed by atoms with van der Waals surface area (Å²) in [5.41, 5.74) is 4.38. The maximum Gasteiger partial charge on any atom is 0.255 e. The average Bonchev–Trinajstić information content (AvgIpc) is 3.06. The fraction of sp³-hybridized carbons (Fsp3) is 0.261. The molecule has 1 aromatic heterocycles. The summed E-state index contributed by atoms with van der Waals surface area (Å²) >= 11 is 6.08. The molecule has 5 heteroatoms. The van der Waals surface area contributed by atoms with Crippen LogP contribution in [0.3, 0.4) is 0 Å². The van der Waals surface area contributed by atoms with E-state index in [0.717, 1.165) is 28.4 Å². The zero-order valence-electron chi connectivity index (χ0n) is 16.7. The van der Waals surface area contributed by atoms with Gasteiger partial charge in [0.25, 0.3) is 5.91 Å². The molecule has 3 rings (SSSR count). The van der Waals surface area contributed by atoms with Crippen LogP contribution in [-0.2, 0) is 0 Å². The van der Waals surface area contributed by atoms with E-state index in [1.54, 1.807) is 7.11 Å². The van der Waals surface area contributed by atoms with Gasteiger partial charge in [-0.1, -0.05) is 35.9 Å². The van der Waals surface area contributed by atoms with E-state index in [1.165, 1.54) is 0 Å². The van der Waals surface area contributed by atoms with Gasteiger partial charge in [-0.3, -0.25) is 4.79 Å². The number of halogens is 1. The van der Waals surface area contributed by atoms with Crippen LogP contribution in [0.1, 0.15) is 29.9 Å². The Morgan fingerprint density at radius 2 is 1.71 bits per heavy atom. The van der Waals surface area contributed by atoms with Gasteiger partial charge in [0.2, 0.25) is 0 Å². The molecule has 28 heavy (non-hydrogen) atoms. The largest absolute Gasteiger partial charge is 0.495 e. The minimum absolute atomic E-state index is 0.0337. The molecule has 4 nitrogen and oxygen atoms in total. The van der Waals surface area contributed by atoms with Gasteiger partial charge in [0.15, 0.2) is 0 Å². The van der Waals surface area contributed by atoms with E-state index < -0.39 is 0 Å². The molecule has 0 saturated heterocycles. The van der Waals surface area contributed by atoms with Crippen molar-refractivity contribution < 1.29 is 9.53 Å². The summed E-state index contributed by atoms with van der Waals surface area (Å²) < 4.78 is 7.67. The number of amides is 1. The number of carbonyl (C=O) groups excluding carboxylic acids is 1.